The number of rotatable bonds is 2. The third-order valence-corrected chi connectivity index (χ3v) is 6.09. The minimum atomic E-state index is 0.422. The van der Waals surface area contributed by atoms with Crippen LogP contribution in [0, 0.1) is 30.6 Å². The predicted molar refractivity (Wildman–Crippen MR) is 82.6 cm³/mol. The second kappa shape index (κ2) is 4.01. The number of nitrogens with one attached hydrogen (secondary N) is 1. The lowest BCUT2D eigenvalue weighted by atomic mass is 9.68. The van der Waals surface area contributed by atoms with Crippen LogP contribution in [0.1, 0.15) is 51.2 Å². The first kappa shape index (κ1) is 13.0. The molecule has 3 rings (SSSR count). The van der Waals surface area contributed by atoms with E-state index in [0.717, 1.165) is 5.92 Å². The molecule has 0 spiro atoms. The number of anilines is 1. The van der Waals surface area contributed by atoms with Gasteiger partial charge in [-0.2, -0.15) is 0 Å². The highest BCUT2D eigenvalue weighted by atomic mass is 15.0. The molecule has 0 aromatic heterocycles. The van der Waals surface area contributed by atoms with Gasteiger partial charge in [0, 0.05) is 11.7 Å². The Morgan fingerprint density at radius 1 is 1.11 bits per heavy atom. The first-order chi connectivity index (χ1) is 8.83. The van der Waals surface area contributed by atoms with Crippen molar-refractivity contribution in [2.45, 2.75) is 59.9 Å². The second-order valence-corrected chi connectivity index (χ2v) is 7.79. The summed E-state index contributed by atoms with van der Waals surface area (Å²) in [6.45, 7) is 11.8. The van der Waals surface area contributed by atoms with Crippen molar-refractivity contribution in [2.75, 3.05) is 5.32 Å². The highest BCUT2D eigenvalue weighted by Crippen LogP contribution is 2.63. The van der Waals surface area contributed by atoms with E-state index in [1.807, 2.05) is 0 Å². The van der Waals surface area contributed by atoms with Crippen molar-refractivity contribution in [1.82, 2.24) is 0 Å². The summed E-state index contributed by atoms with van der Waals surface area (Å²) in [4.78, 5) is 0. The average molecular weight is 257 g/mol. The summed E-state index contributed by atoms with van der Waals surface area (Å²) >= 11 is 0. The molecule has 2 aliphatic carbocycles. The average Bonchev–Trinajstić information content (AvgIpc) is 2.80. The standard InChI is InChI=1S/C18H27N/c1-12-6-7-15(10-13(12)2)19-16-17(3,4)14-8-9-18(16,5)11-14/h6-7,10,14,16,19H,8-9,11H2,1-5H3. The molecule has 2 fully saturated rings. The van der Waals surface area contributed by atoms with Crippen molar-refractivity contribution in [3.8, 4) is 0 Å². The molecule has 0 amide bonds. The van der Waals surface area contributed by atoms with Crippen molar-refractivity contribution in [2.24, 2.45) is 16.7 Å². The highest BCUT2D eigenvalue weighted by molar-refractivity contribution is 5.50. The molecule has 1 nitrogen and oxygen atoms in total. The first-order valence-electron chi connectivity index (χ1n) is 7.67. The Kier molecular flexibility index (Phi) is 2.75. The van der Waals surface area contributed by atoms with Gasteiger partial charge in [-0.25, -0.2) is 0 Å². The fraction of sp³-hybridized carbons (Fsp3) is 0.667. The molecule has 1 heteroatoms. The summed E-state index contributed by atoms with van der Waals surface area (Å²) in [5.41, 5.74) is 4.98. The van der Waals surface area contributed by atoms with Gasteiger partial charge >= 0.3 is 0 Å². The number of hydrogen-bond acceptors (Lipinski definition) is 1. The highest BCUT2D eigenvalue weighted by Gasteiger charge is 2.59. The molecule has 0 heterocycles. The van der Waals surface area contributed by atoms with Crippen LogP contribution in [-0.2, 0) is 0 Å². The fourth-order valence-electron chi connectivity index (χ4n) is 4.66. The number of fused-ring (bicyclic) bond motifs is 2. The van der Waals surface area contributed by atoms with E-state index in [1.54, 1.807) is 0 Å². The van der Waals surface area contributed by atoms with Crippen LogP contribution in [0.3, 0.4) is 0 Å². The van der Waals surface area contributed by atoms with Gasteiger partial charge in [-0.05, 0) is 73.1 Å². The Morgan fingerprint density at radius 2 is 1.84 bits per heavy atom. The molecule has 1 N–H and O–H groups in total. The van der Waals surface area contributed by atoms with E-state index in [2.05, 4.69) is 58.1 Å². The third kappa shape index (κ3) is 1.89. The molecular formula is C18H27N. The predicted octanol–water partition coefficient (Wildman–Crippen LogP) is 4.93. The van der Waals surface area contributed by atoms with Gasteiger partial charge in [-0.3, -0.25) is 0 Å². The smallest absolute Gasteiger partial charge is 0.0368 e. The molecule has 3 unspecified atom stereocenters. The van der Waals surface area contributed by atoms with Gasteiger partial charge in [0.05, 0.1) is 0 Å². The minimum Gasteiger partial charge on any atom is -0.381 e. The lowest BCUT2D eigenvalue weighted by molar-refractivity contribution is 0.155. The molecule has 104 valence electrons. The quantitative estimate of drug-likeness (QED) is 0.792. The monoisotopic (exact) mass is 257 g/mol. The molecule has 3 atom stereocenters. The molecule has 1 aromatic carbocycles. The van der Waals surface area contributed by atoms with E-state index >= 15 is 0 Å². The van der Waals surface area contributed by atoms with Crippen molar-refractivity contribution in [3.05, 3.63) is 29.3 Å². The van der Waals surface area contributed by atoms with Crippen LogP contribution in [0.4, 0.5) is 5.69 Å². The maximum atomic E-state index is 3.87. The van der Waals surface area contributed by atoms with Gasteiger partial charge < -0.3 is 5.32 Å². The van der Waals surface area contributed by atoms with Gasteiger partial charge in [0.15, 0.2) is 0 Å². The SMILES string of the molecule is Cc1ccc(NC2C3(C)CCC(C3)C2(C)C)cc1C. The summed E-state index contributed by atoms with van der Waals surface area (Å²) in [5.74, 6) is 0.904. The van der Waals surface area contributed by atoms with Gasteiger partial charge in [-0.1, -0.05) is 26.8 Å². The van der Waals surface area contributed by atoms with Crippen molar-refractivity contribution < 1.29 is 0 Å². The van der Waals surface area contributed by atoms with E-state index in [0.29, 0.717) is 16.9 Å². The minimum absolute atomic E-state index is 0.422. The Hall–Kier alpha value is -0.980. The molecular weight excluding hydrogens is 230 g/mol. The molecule has 2 saturated carbocycles. The number of aryl methyl sites for hydroxylation is 2. The van der Waals surface area contributed by atoms with Crippen molar-refractivity contribution >= 4 is 5.69 Å². The Balaban J connectivity index is 1.88. The third-order valence-electron chi connectivity index (χ3n) is 6.09. The summed E-state index contributed by atoms with van der Waals surface area (Å²) in [6, 6.07) is 7.40. The zero-order chi connectivity index (χ0) is 13.8. The molecule has 19 heavy (non-hydrogen) atoms. The number of hydrogen-bond donors (Lipinski definition) is 1. The maximum absolute atomic E-state index is 3.87. The Labute approximate surface area is 117 Å². The van der Waals surface area contributed by atoms with E-state index in [9.17, 15) is 0 Å². The van der Waals surface area contributed by atoms with Crippen LogP contribution in [0.5, 0.6) is 0 Å². The fourth-order valence-corrected chi connectivity index (χ4v) is 4.66. The summed E-state index contributed by atoms with van der Waals surface area (Å²) < 4.78 is 0. The normalized spacial score (nSPS) is 35.6. The first-order valence-corrected chi connectivity index (χ1v) is 7.67. The summed E-state index contributed by atoms with van der Waals surface area (Å²) in [7, 11) is 0. The molecule has 2 bridgehead atoms. The van der Waals surface area contributed by atoms with Crippen LogP contribution in [0.2, 0.25) is 0 Å². The van der Waals surface area contributed by atoms with Crippen molar-refractivity contribution in [1.29, 1.82) is 0 Å². The molecule has 2 aliphatic rings. The molecule has 0 saturated heterocycles. The second-order valence-electron chi connectivity index (χ2n) is 7.79. The van der Waals surface area contributed by atoms with Gasteiger partial charge in [-0.15, -0.1) is 0 Å². The van der Waals surface area contributed by atoms with Crippen LogP contribution < -0.4 is 5.32 Å². The molecule has 0 radical (unpaired) electrons. The van der Waals surface area contributed by atoms with Crippen LogP contribution >= 0.6 is 0 Å². The van der Waals surface area contributed by atoms with E-state index in [4.69, 9.17) is 0 Å². The topological polar surface area (TPSA) is 12.0 Å². The lowest BCUT2D eigenvalue weighted by Gasteiger charge is -2.43. The van der Waals surface area contributed by atoms with E-state index < -0.39 is 0 Å². The van der Waals surface area contributed by atoms with Crippen LogP contribution in [-0.4, -0.2) is 6.04 Å². The summed E-state index contributed by atoms with van der Waals surface area (Å²) in [6.07, 6.45) is 4.22. The van der Waals surface area contributed by atoms with E-state index in [1.165, 1.54) is 36.1 Å². The lowest BCUT2D eigenvalue weighted by Crippen LogP contribution is -2.45. The van der Waals surface area contributed by atoms with Crippen molar-refractivity contribution in [3.63, 3.8) is 0 Å². The summed E-state index contributed by atoms with van der Waals surface area (Å²) in [5, 5.41) is 3.87. The van der Waals surface area contributed by atoms with Crippen LogP contribution in [0.15, 0.2) is 18.2 Å². The Morgan fingerprint density at radius 3 is 2.42 bits per heavy atom. The number of benzene rings is 1. The Bertz CT molecular complexity index is 498. The largest absolute Gasteiger partial charge is 0.381 e. The van der Waals surface area contributed by atoms with E-state index in [-0.39, 0.29) is 0 Å². The maximum Gasteiger partial charge on any atom is 0.0368 e. The molecule has 0 aliphatic heterocycles. The zero-order valence-corrected chi connectivity index (χ0v) is 13.0. The van der Waals surface area contributed by atoms with Gasteiger partial charge in [0.2, 0.25) is 0 Å². The molecule has 1 aromatic rings. The van der Waals surface area contributed by atoms with Gasteiger partial charge in [0.25, 0.3) is 0 Å². The van der Waals surface area contributed by atoms with Gasteiger partial charge in [0.1, 0.15) is 0 Å². The van der Waals surface area contributed by atoms with Crippen LogP contribution in [0.25, 0.3) is 0 Å². The zero-order valence-electron chi connectivity index (χ0n) is 13.0.